The molecule has 0 aromatic heterocycles. The molecule has 0 fully saturated rings. The van der Waals surface area contributed by atoms with Crippen LogP contribution >= 0.6 is 15.9 Å². The fourth-order valence-electron chi connectivity index (χ4n) is 1.77. The van der Waals surface area contributed by atoms with Gasteiger partial charge in [-0.25, -0.2) is 0 Å². The Morgan fingerprint density at radius 3 is 2.48 bits per heavy atom. The van der Waals surface area contributed by atoms with Crippen LogP contribution in [-0.4, -0.2) is 10.7 Å². The highest BCUT2D eigenvalue weighted by molar-refractivity contribution is 9.10. The second-order valence-electron chi connectivity index (χ2n) is 4.53. The van der Waals surface area contributed by atoms with Gasteiger partial charge in [0, 0.05) is 11.6 Å². The number of hydrogen-bond donors (Lipinski definition) is 0. The predicted octanol–water partition coefficient (Wildman–Crippen LogP) is 4.66. The lowest BCUT2D eigenvalue weighted by Crippen LogP contribution is -1.96. The second-order valence-corrected chi connectivity index (χ2v) is 5.39. The topological polar surface area (TPSA) is 69.4 Å². The van der Waals surface area contributed by atoms with E-state index < -0.39 is 4.92 Å². The molecule has 0 aliphatic heterocycles. The second kappa shape index (κ2) is 6.05. The van der Waals surface area contributed by atoms with E-state index in [1.165, 1.54) is 13.0 Å². The Bertz CT molecular complexity index is 728. The Morgan fingerprint density at radius 1 is 1.19 bits per heavy atom. The number of nitrogens with zero attached hydrogens (tertiary/aromatic N) is 1. The third-order valence-electron chi connectivity index (χ3n) is 2.87. The van der Waals surface area contributed by atoms with Gasteiger partial charge in [0.15, 0.2) is 5.78 Å². The molecule has 0 amide bonds. The van der Waals surface area contributed by atoms with Crippen LogP contribution in [0.3, 0.4) is 0 Å². The molecule has 0 heterocycles. The average Bonchev–Trinajstić information content (AvgIpc) is 2.40. The van der Waals surface area contributed by atoms with Gasteiger partial charge in [-0.05, 0) is 59.6 Å². The quantitative estimate of drug-likeness (QED) is 0.457. The summed E-state index contributed by atoms with van der Waals surface area (Å²) in [4.78, 5) is 21.8. The lowest BCUT2D eigenvalue weighted by atomic mass is 10.1. The van der Waals surface area contributed by atoms with Crippen LogP contribution in [-0.2, 0) is 0 Å². The van der Waals surface area contributed by atoms with E-state index in [4.69, 9.17) is 4.74 Å². The number of hydrogen-bond acceptors (Lipinski definition) is 4. The van der Waals surface area contributed by atoms with Gasteiger partial charge in [0.05, 0.1) is 9.40 Å². The van der Waals surface area contributed by atoms with Crippen molar-refractivity contribution >= 4 is 27.4 Å². The number of nitro benzene ring substituents is 1. The monoisotopic (exact) mass is 349 g/mol. The van der Waals surface area contributed by atoms with Gasteiger partial charge < -0.3 is 4.74 Å². The highest BCUT2D eigenvalue weighted by Crippen LogP contribution is 2.36. The summed E-state index contributed by atoms with van der Waals surface area (Å²) in [5.41, 5.74) is 1.28. The maximum Gasteiger partial charge on any atom is 0.311 e. The Balaban J connectivity index is 2.40. The number of Topliss-reactive ketones (excluding diaryl/α,β-unsaturated/α-hetero) is 1. The Labute approximate surface area is 129 Å². The van der Waals surface area contributed by atoms with Crippen molar-refractivity contribution in [1.29, 1.82) is 0 Å². The summed E-state index contributed by atoms with van der Waals surface area (Å²) in [5, 5.41) is 11.0. The molecule has 108 valence electrons. The third-order valence-corrected chi connectivity index (χ3v) is 3.49. The zero-order chi connectivity index (χ0) is 15.6. The number of ether oxygens (including phenoxy) is 1. The number of benzene rings is 2. The Morgan fingerprint density at radius 2 is 1.90 bits per heavy atom. The molecule has 5 nitrogen and oxygen atoms in total. The van der Waals surface area contributed by atoms with Crippen LogP contribution in [0.5, 0.6) is 11.5 Å². The molecule has 0 atom stereocenters. The van der Waals surface area contributed by atoms with Gasteiger partial charge in [-0.1, -0.05) is 6.07 Å². The number of ketones is 1. The van der Waals surface area contributed by atoms with Crippen LogP contribution < -0.4 is 4.74 Å². The minimum atomic E-state index is -0.493. The molecule has 0 unspecified atom stereocenters. The van der Waals surface area contributed by atoms with Gasteiger partial charge in [-0.3, -0.25) is 14.9 Å². The molecular formula is C15H12BrNO4. The summed E-state index contributed by atoms with van der Waals surface area (Å²) >= 11 is 3.31. The number of nitro groups is 1. The molecule has 0 saturated heterocycles. The minimum Gasteiger partial charge on any atom is -0.449 e. The maximum atomic E-state index is 11.3. The molecule has 0 aliphatic rings. The van der Waals surface area contributed by atoms with Gasteiger partial charge in [0.2, 0.25) is 5.75 Å². The van der Waals surface area contributed by atoms with E-state index in [0.29, 0.717) is 15.8 Å². The number of rotatable bonds is 4. The molecule has 21 heavy (non-hydrogen) atoms. The van der Waals surface area contributed by atoms with E-state index in [1.807, 2.05) is 6.92 Å². The van der Waals surface area contributed by atoms with Crippen molar-refractivity contribution in [3.63, 3.8) is 0 Å². The lowest BCUT2D eigenvalue weighted by molar-refractivity contribution is -0.385. The summed E-state index contributed by atoms with van der Waals surface area (Å²) in [6.45, 7) is 3.29. The SMILES string of the molecule is CC(=O)c1ccc(Oc2cc(C)ccc2[N+](=O)[O-])c(Br)c1. The summed E-state index contributed by atoms with van der Waals surface area (Å²) < 4.78 is 6.18. The van der Waals surface area contributed by atoms with Crippen LogP contribution in [0, 0.1) is 17.0 Å². The van der Waals surface area contributed by atoms with Crippen molar-refractivity contribution in [2.75, 3.05) is 0 Å². The highest BCUT2D eigenvalue weighted by atomic mass is 79.9. The smallest absolute Gasteiger partial charge is 0.311 e. The first-order valence-corrected chi connectivity index (χ1v) is 6.91. The van der Waals surface area contributed by atoms with Gasteiger partial charge in [-0.15, -0.1) is 0 Å². The number of carbonyl (C=O) groups excluding carboxylic acids is 1. The van der Waals surface area contributed by atoms with E-state index in [2.05, 4.69) is 15.9 Å². The molecule has 0 radical (unpaired) electrons. The summed E-state index contributed by atoms with van der Waals surface area (Å²) in [5.74, 6) is 0.508. The fourth-order valence-corrected chi connectivity index (χ4v) is 2.23. The van der Waals surface area contributed by atoms with Gasteiger partial charge in [0.25, 0.3) is 0 Å². The Kier molecular flexibility index (Phi) is 4.37. The van der Waals surface area contributed by atoms with Crippen LogP contribution in [0.1, 0.15) is 22.8 Å². The summed E-state index contributed by atoms with van der Waals surface area (Å²) in [6, 6.07) is 9.50. The van der Waals surface area contributed by atoms with Crippen molar-refractivity contribution in [2.24, 2.45) is 0 Å². The van der Waals surface area contributed by atoms with Crippen molar-refractivity contribution in [3.8, 4) is 11.5 Å². The van der Waals surface area contributed by atoms with Crippen molar-refractivity contribution < 1.29 is 14.5 Å². The first-order valence-electron chi connectivity index (χ1n) is 6.12. The number of aryl methyl sites for hydroxylation is 1. The lowest BCUT2D eigenvalue weighted by Gasteiger charge is -2.09. The van der Waals surface area contributed by atoms with Crippen molar-refractivity contribution in [1.82, 2.24) is 0 Å². The summed E-state index contributed by atoms with van der Waals surface area (Å²) in [6.07, 6.45) is 0. The standard InChI is InChI=1S/C15H12BrNO4/c1-9-3-5-13(17(19)20)15(7-9)21-14-6-4-11(10(2)18)8-12(14)16/h3-8H,1-2H3. The predicted molar refractivity (Wildman–Crippen MR) is 82.1 cm³/mol. The van der Waals surface area contributed by atoms with Gasteiger partial charge in [0.1, 0.15) is 5.75 Å². The minimum absolute atomic E-state index is 0.0659. The highest BCUT2D eigenvalue weighted by Gasteiger charge is 2.17. The fraction of sp³-hybridized carbons (Fsp3) is 0.133. The zero-order valence-corrected chi connectivity index (χ0v) is 13.0. The third kappa shape index (κ3) is 3.46. The Hall–Kier alpha value is -2.21. The van der Waals surface area contributed by atoms with Crippen LogP contribution in [0.2, 0.25) is 0 Å². The molecule has 0 N–H and O–H groups in total. The van der Waals surface area contributed by atoms with Gasteiger partial charge >= 0.3 is 5.69 Å². The molecule has 0 aliphatic carbocycles. The molecule has 0 spiro atoms. The van der Waals surface area contributed by atoms with Crippen LogP contribution in [0.25, 0.3) is 0 Å². The molecule has 6 heteroatoms. The van der Waals surface area contributed by atoms with Crippen LogP contribution in [0.4, 0.5) is 5.69 Å². The van der Waals surface area contributed by atoms with Crippen molar-refractivity contribution in [3.05, 3.63) is 62.1 Å². The van der Waals surface area contributed by atoms with Crippen LogP contribution in [0.15, 0.2) is 40.9 Å². The summed E-state index contributed by atoms with van der Waals surface area (Å²) in [7, 11) is 0. The molecule has 2 aromatic carbocycles. The average molecular weight is 350 g/mol. The van der Waals surface area contributed by atoms with Gasteiger partial charge in [-0.2, -0.15) is 0 Å². The van der Waals surface area contributed by atoms with Crippen molar-refractivity contribution in [2.45, 2.75) is 13.8 Å². The molecular weight excluding hydrogens is 338 g/mol. The van der Waals surface area contributed by atoms with E-state index in [0.717, 1.165) is 5.56 Å². The normalized spacial score (nSPS) is 10.2. The molecule has 2 rings (SSSR count). The largest absolute Gasteiger partial charge is 0.449 e. The molecule has 0 saturated carbocycles. The zero-order valence-electron chi connectivity index (χ0n) is 11.4. The number of carbonyl (C=O) groups is 1. The molecule has 2 aromatic rings. The number of halogens is 1. The first kappa shape index (κ1) is 15.2. The van der Waals surface area contributed by atoms with E-state index in [1.54, 1.807) is 30.3 Å². The molecule has 0 bridgehead atoms. The van der Waals surface area contributed by atoms with E-state index >= 15 is 0 Å². The van der Waals surface area contributed by atoms with E-state index in [-0.39, 0.29) is 17.2 Å². The van der Waals surface area contributed by atoms with E-state index in [9.17, 15) is 14.9 Å². The maximum absolute atomic E-state index is 11.3. The first-order chi connectivity index (χ1) is 9.88.